The molecule has 5 aromatic carbocycles. The molecule has 612 valence electrons. The number of aromatic amines is 2. The molecule has 0 radical (unpaired) electrons. The van der Waals surface area contributed by atoms with Gasteiger partial charge in [0.15, 0.2) is 0 Å². The molecule has 35 heteroatoms. The molecule has 1 aliphatic rings. The van der Waals surface area contributed by atoms with Crippen molar-refractivity contribution in [3.8, 4) is 0 Å². The number of amides is 10. The number of carbonyl (C=O) groups is 10. The van der Waals surface area contributed by atoms with E-state index in [9.17, 15) is 24.3 Å². The van der Waals surface area contributed by atoms with Crippen LogP contribution in [0.1, 0.15) is 108 Å². The molecule has 3 aromatic heterocycles. The summed E-state index contributed by atoms with van der Waals surface area (Å²) in [4.78, 5) is 162. The number of likely N-dealkylation sites (tertiary alicyclic amines) is 1. The number of aliphatic hydroxyl groups is 1. The maximum Gasteiger partial charge on any atom is 0.248 e. The molecule has 34 nitrogen and oxygen atoms in total. The first-order valence-corrected chi connectivity index (χ1v) is 38.7. The molecule has 20 N–H and O–H groups in total. The number of aliphatic hydroxyl groups excluding tert-OH is 1. The van der Waals surface area contributed by atoms with Crippen LogP contribution in [0.15, 0.2) is 140 Å². The molecule has 1 fully saturated rings. The van der Waals surface area contributed by atoms with E-state index in [1.807, 2.05) is 70.2 Å². The minimum Gasteiger partial charge on any atom is -0.394 e. The molecule has 115 heavy (non-hydrogen) atoms. The van der Waals surface area contributed by atoms with Crippen LogP contribution in [-0.2, 0) is 80.0 Å². The Balaban J connectivity index is 1.02. The van der Waals surface area contributed by atoms with Gasteiger partial charge in [0.25, 0.3) is 0 Å². The third-order valence-corrected chi connectivity index (χ3v) is 19.5. The van der Waals surface area contributed by atoms with Crippen molar-refractivity contribution in [3.63, 3.8) is 0 Å². The average Bonchev–Trinajstić information content (AvgIpc) is 1.73. The SMILES string of the molecule is CC(=O)N[C@H](Cc1ccc2ccccc2c1)C(=O)N[C@H](Cc1ccc(Cl)cc1)C(=O)N[C@H](Cc1cccnc1)C(=O)N[C@@H](CO)C(=O)N(C)[C@@H](Cc1ccc(Nc2n[nH]c(N)n2)cc1)C(=O)N[C@H](Cc1ccc(Nc2n[nH]c(N)n2)cc1)C(=O)N[C@@H](CC(C)C)C(=O)N[C@@H](CCCCNC(C)C)C(=O)N1CCC[C@H]1C(=O)N[C@H](C)N. The maximum absolute atomic E-state index is 15.7. The van der Waals surface area contributed by atoms with Crippen LogP contribution >= 0.6 is 11.6 Å². The molecule has 0 bridgehead atoms. The number of likely N-dealkylation sites (N-methyl/N-ethyl adjacent to an activating group) is 1. The van der Waals surface area contributed by atoms with Gasteiger partial charge in [-0.3, -0.25) is 52.9 Å². The average molecular weight is 1600 g/mol. The third kappa shape index (κ3) is 26.5. The van der Waals surface area contributed by atoms with Crippen LogP contribution in [0.25, 0.3) is 10.8 Å². The Morgan fingerprint density at radius 2 is 1.06 bits per heavy atom. The van der Waals surface area contributed by atoms with Gasteiger partial charge in [0.1, 0.15) is 54.4 Å². The number of rotatable bonds is 41. The van der Waals surface area contributed by atoms with Crippen molar-refractivity contribution >= 4 is 117 Å². The van der Waals surface area contributed by atoms with Gasteiger partial charge in [0, 0.05) is 87.5 Å². The molecule has 9 rings (SSSR count). The Morgan fingerprint density at radius 1 is 0.565 bits per heavy atom. The van der Waals surface area contributed by atoms with Gasteiger partial charge in [-0.2, -0.15) is 9.97 Å². The van der Waals surface area contributed by atoms with Crippen molar-refractivity contribution in [2.75, 3.05) is 48.8 Å². The van der Waals surface area contributed by atoms with E-state index in [0.717, 1.165) is 15.7 Å². The first-order chi connectivity index (χ1) is 55.0. The van der Waals surface area contributed by atoms with E-state index in [1.165, 1.54) is 31.3 Å². The molecule has 0 unspecified atom stereocenters. The number of aromatic nitrogens is 7. The van der Waals surface area contributed by atoms with E-state index in [0.29, 0.717) is 76.4 Å². The number of fused-ring (bicyclic) bond motifs is 1. The summed E-state index contributed by atoms with van der Waals surface area (Å²) in [6.45, 7) is 10.4. The second-order valence-corrected chi connectivity index (χ2v) is 29.8. The molecule has 10 amide bonds. The number of unbranched alkanes of at least 4 members (excludes halogenated alkanes) is 1. The predicted molar refractivity (Wildman–Crippen MR) is 435 cm³/mol. The Hall–Kier alpha value is -12.1. The Labute approximate surface area is 671 Å². The molecule has 10 atom stereocenters. The van der Waals surface area contributed by atoms with Crippen LogP contribution in [0.2, 0.25) is 5.02 Å². The van der Waals surface area contributed by atoms with Crippen LogP contribution in [0.3, 0.4) is 0 Å². The summed E-state index contributed by atoms with van der Waals surface area (Å²) in [5, 5.41) is 58.5. The van der Waals surface area contributed by atoms with Crippen molar-refractivity contribution in [2.24, 2.45) is 11.7 Å². The number of anilines is 6. The highest BCUT2D eigenvalue weighted by Gasteiger charge is 2.41. The van der Waals surface area contributed by atoms with Crippen LogP contribution in [-0.4, -0.2) is 203 Å². The number of nitrogens with zero attached hydrogens (tertiary/aromatic N) is 7. The third-order valence-electron chi connectivity index (χ3n) is 19.2. The quantitative estimate of drug-likeness (QED) is 0.0193. The minimum atomic E-state index is -1.83. The standard InChI is InChI=1S/C80H104ClN23O11/c1-45(2)36-60(68(107)91-59(17-10-11-34-86-46(3)4)76(115)104-35-13-18-66(104)73(112)87-47(5)82)92-71(110)63(39-50-22-29-57(30-23-50)89-79-97-77(83)99-101-79)95-74(113)67(42-51-24-31-58(32-25-51)90-80-98-78(84)100-102-80)103(7)75(114)65(44-105)96-72(111)64(41-53-14-12-33-85-43-53)94-70(109)62(38-49-20-27-56(81)28-21-49)93-69(108)61(88-48(6)106)40-52-19-26-54-15-8-9-16-55(54)37-52/h8-9,12,14-16,19-33,37,43,45-47,59-67,86,105H,10-11,13,17-18,34-36,38-42,44,82H2,1-7H3,(H,87,112)(H,88,106)(H,91,107)(H,92,110)(H,93,108)(H,94,109)(H,95,113)(H,96,111)(H4,83,89,97,99,101)(H4,84,90,98,100,102)/t47-,59+,60+,61-,62-,63-,64-,65+,66+,67+/m1/s1. The monoisotopic (exact) mass is 1600 g/mol. The zero-order valence-corrected chi connectivity index (χ0v) is 66.1. The van der Waals surface area contributed by atoms with Crippen molar-refractivity contribution in [2.45, 2.75) is 179 Å². The highest BCUT2D eigenvalue weighted by molar-refractivity contribution is 6.30. The van der Waals surface area contributed by atoms with Gasteiger partial charge in [0.2, 0.25) is 82.9 Å². The van der Waals surface area contributed by atoms with Crippen molar-refractivity contribution in [1.29, 1.82) is 0 Å². The number of hydrogen-bond donors (Lipinski definition) is 17. The van der Waals surface area contributed by atoms with Crippen molar-refractivity contribution < 1.29 is 53.1 Å². The fourth-order valence-electron chi connectivity index (χ4n) is 13.4. The summed E-state index contributed by atoms with van der Waals surface area (Å²) in [5.74, 6) is -7.26. The topological polar surface area (TPSA) is 504 Å². The van der Waals surface area contributed by atoms with Crippen LogP contribution < -0.4 is 75.7 Å². The second kappa shape index (κ2) is 42.1. The number of nitrogens with two attached hydrogens (primary N) is 3. The Morgan fingerprint density at radius 3 is 1.58 bits per heavy atom. The molecule has 8 aromatic rings. The highest BCUT2D eigenvalue weighted by atomic mass is 35.5. The molecule has 1 aliphatic heterocycles. The van der Waals surface area contributed by atoms with Crippen molar-refractivity contribution in [3.05, 3.63) is 173 Å². The lowest BCUT2D eigenvalue weighted by Crippen LogP contribution is -2.62. The second-order valence-electron chi connectivity index (χ2n) is 29.4. The van der Waals surface area contributed by atoms with Gasteiger partial charge in [0.05, 0.1) is 12.8 Å². The van der Waals surface area contributed by atoms with E-state index in [2.05, 4.69) is 93.8 Å². The number of nitrogen functional groups attached to an aromatic ring is 2. The normalized spacial score (nSPS) is 15.0. The van der Waals surface area contributed by atoms with Gasteiger partial charge < -0.3 is 90.6 Å². The molecule has 0 saturated carbocycles. The van der Waals surface area contributed by atoms with Gasteiger partial charge in [-0.1, -0.05) is 124 Å². The molecule has 1 saturated heterocycles. The Bertz CT molecular complexity index is 4610. The van der Waals surface area contributed by atoms with Gasteiger partial charge in [-0.25, -0.2) is 10.2 Å². The minimum absolute atomic E-state index is 0.0330. The van der Waals surface area contributed by atoms with E-state index in [1.54, 1.807) is 91.9 Å². The number of hydrogen-bond acceptors (Lipinski definition) is 22. The first kappa shape index (κ1) is 86.8. The summed E-state index contributed by atoms with van der Waals surface area (Å²) in [7, 11) is 1.28. The molecular formula is C80H104ClN23O11. The van der Waals surface area contributed by atoms with E-state index in [-0.39, 0.29) is 87.2 Å². The van der Waals surface area contributed by atoms with Crippen molar-refractivity contribution in [1.82, 2.24) is 93.0 Å². The largest absolute Gasteiger partial charge is 0.394 e. The lowest BCUT2D eigenvalue weighted by Gasteiger charge is -2.33. The summed E-state index contributed by atoms with van der Waals surface area (Å²) >= 11 is 6.29. The summed E-state index contributed by atoms with van der Waals surface area (Å²) in [6.07, 6.45) is 3.72. The molecular weight excluding hydrogens is 1490 g/mol. The lowest BCUT2D eigenvalue weighted by molar-refractivity contribution is -0.144. The van der Waals surface area contributed by atoms with Gasteiger partial charge in [-0.05, 0) is 139 Å². The molecule has 0 spiro atoms. The summed E-state index contributed by atoms with van der Waals surface area (Å²) < 4.78 is 0. The smallest absolute Gasteiger partial charge is 0.248 e. The summed E-state index contributed by atoms with van der Waals surface area (Å²) in [6, 6.07) is 24.2. The number of nitrogens with one attached hydrogen (secondary N) is 13. The predicted octanol–water partition coefficient (Wildman–Crippen LogP) is 3.15. The zero-order chi connectivity index (χ0) is 82.8. The van der Waals surface area contributed by atoms with Crippen LogP contribution in [0, 0.1) is 5.92 Å². The number of benzene rings is 5. The Kier molecular flexibility index (Phi) is 31.8. The lowest BCUT2D eigenvalue weighted by atomic mass is 9.99. The maximum atomic E-state index is 15.7. The van der Waals surface area contributed by atoms with E-state index in [4.69, 9.17) is 28.8 Å². The van der Waals surface area contributed by atoms with E-state index < -0.39 is 126 Å². The van der Waals surface area contributed by atoms with Gasteiger partial charge >= 0.3 is 0 Å². The van der Waals surface area contributed by atoms with Gasteiger partial charge in [-0.15, -0.1) is 10.2 Å². The van der Waals surface area contributed by atoms with Crippen LogP contribution in [0.4, 0.5) is 35.2 Å². The van der Waals surface area contributed by atoms with E-state index >= 15 is 28.8 Å². The molecule has 4 heterocycles. The first-order valence-electron chi connectivity index (χ1n) is 38.3. The fourth-order valence-corrected chi connectivity index (χ4v) is 13.5. The zero-order valence-electron chi connectivity index (χ0n) is 65.4. The highest BCUT2D eigenvalue weighted by Crippen LogP contribution is 2.25. The fraction of sp³-hybridized carbons (Fsp3) is 0.412. The number of pyridine rings is 1. The number of H-pyrrole nitrogens is 2. The number of carbonyl (C=O) groups excluding carboxylic acids is 10. The van der Waals surface area contributed by atoms with Crippen LogP contribution in [0.5, 0.6) is 0 Å². The molecule has 0 aliphatic carbocycles. The number of halogens is 1. The summed E-state index contributed by atoms with van der Waals surface area (Å²) in [5.41, 5.74) is 21.2.